The van der Waals surface area contributed by atoms with Crippen molar-refractivity contribution >= 4 is 23.2 Å². The molecule has 1 aliphatic heterocycles. The normalized spacial score (nSPS) is 21.0. The highest BCUT2D eigenvalue weighted by atomic mass is 19.4. The van der Waals surface area contributed by atoms with E-state index in [2.05, 4.69) is 0 Å². The van der Waals surface area contributed by atoms with Crippen molar-refractivity contribution in [3.8, 4) is 0 Å². The zero-order valence-corrected chi connectivity index (χ0v) is 11.7. The Balaban J connectivity index is 2.39. The molecule has 0 spiro atoms. The maximum absolute atomic E-state index is 13.8. The molecule has 1 aromatic carbocycles. The van der Waals surface area contributed by atoms with Gasteiger partial charge in [-0.25, -0.2) is 13.6 Å². The van der Waals surface area contributed by atoms with Crippen molar-refractivity contribution in [2.24, 2.45) is 0 Å². The number of halogens is 5. The molecule has 1 fully saturated rings. The number of aliphatic carboxylic acids is 1. The predicted octanol–water partition coefficient (Wildman–Crippen LogP) is 2.17. The van der Waals surface area contributed by atoms with Crippen LogP contribution in [0.2, 0.25) is 0 Å². The van der Waals surface area contributed by atoms with Gasteiger partial charge < -0.3 is 10.0 Å². The number of anilines is 1. The topological polar surface area (TPSA) is 74.7 Å². The van der Waals surface area contributed by atoms with Gasteiger partial charge in [-0.05, 0) is 18.9 Å². The van der Waals surface area contributed by atoms with Crippen LogP contribution in [0.5, 0.6) is 0 Å². The van der Waals surface area contributed by atoms with Crippen molar-refractivity contribution in [3.63, 3.8) is 0 Å². The number of carboxylic acids is 1. The van der Waals surface area contributed by atoms with Crippen molar-refractivity contribution in [1.82, 2.24) is 0 Å². The highest BCUT2D eigenvalue weighted by Crippen LogP contribution is 2.47. The van der Waals surface area contributed by atoms with E-state index in [9.17, 15) is 36.3 Å². The van der Waals surface area contributed by atoms with Crippen LogP contribution in [0.1, 0.15) is 28.8 Å². The summed E-state index contributed by atoms with van der Waals surface area (Å²) >= 11 is 0. The van der Waals surface area contributed by atoms with Gasteiger partial charge in [-0.2, -0.15) is 13.2 Å². The number of benzene rings is 1. The summed E-state index contributed by atoms with van der Waals surface area (Å²) in [6, 6.07) is -2.76. The number of carbonyl (C=O) groups excluding carboxylic acids is 2. The molecule has 1 N–H and O–H groups in total. The first-order valence-corrected chi connectivity index (χ1v) is 6.74. The Hall–Kier alpha value is -2.52. The summed E-state index contributed by atoms with van der Waals surface area (Å²) < 4.78 is 67.1. The number of nitrogens with zero attached hydrogens (tertiary/aromatic N) is 1. The average molecular weight is 349 g/mol. The van der Waals surface area contributed by atoms with Gasteiger partial charge in [-0.1, -0.05) is 0 Å². The molecule has 10 heteroatoms. The Labute approximate surface area is 130 Å². The van der Waals surface area contributed by atoms with E-state index in [4.69, 9.17) is 5.11 Å². The van der Waals surface area contributed by atoms with Crippen LogP contribution in [-0.2, 0) is 15.8 Å². The van der Waals surface area contributed by atoms with Gasteiger partial charge in [0.05, 0.1) is 11.3 Å². The largest absolute Gasteiger partial charge is 0.479 e. The molecule has 5 nitrogen and oxygen atoms in total. The van der Waals surface area contributed by atoms with E-state index >= 15 is 0 Å². The molecule has 0 radical (unpaired) electrons. The fraction of sp³-hybridized carbons (Fsp3) is 0.357. The van der Waals surface area contributed by atoms with E-state index in [1.807, 2.05) is 0 Å². The standard InChI is InChI=1S/C14H8F5NO4/c15-6-3-5-9(7(8(6)16)14(17,18)19)20(4-1-2-4)10(13(23)24)12(22)11(5)21/h3-4,10H,1-2H2,(H,23,24). The minimum Gasteiger partial charge on any atom is -0.479 e. The van der Waals surface area contributed by atoms with Gasteiger partial charge in [0.15, 0.2) is 17.7 Å². The van der Waals surface area contributed by atoms with Crippen LogP contribution in [0.15, 0.2) is 6.07 Å². The second kappa shape index (κ2) is 4.99. The zero-order chi connectivity index (χ0) is 18.0. The van der Waals surface area contributed by atoms with Gasteiger partial charge in [0, 0.05) is 6.04 Å². The Bertz CT molecular complexity index is 784. The fourth-order valence-corrected chi connectivity index (χ4v) is 2.81. The van der Waals surface area contributed by atoms with Crippen molar-refractivity contribution in [1.29, 1.82) is 0 Å². The van der Waals surface area contributed by atoms with Crippen LogP contribution < -0.4 is 4.90 Å². The number of rotatable bonds is 2. The number of hydrogen-bond acceptors (Lipinski definition) is 4. The lowest BCUT2D eigenvalue weighted by atomic mass is 9.89. The maximum Gasteiger partial charge on any atom is 0.421 e. The van der Waals surface area contributed by atoms with E-state index in [1.165, 1.54) is 0 Å². The quantitative estimate of drug-likeness (QED) is 0.503. The summed E-state index contributed by atoms with van der Waals surface area (Å²) in [7, 11) is 0. The maximum atomic E-state index is 13.8. The summed E-state index contributed by atoms with van der Waals surface area (Å²) in [5.74, 6) is -9.08. The summed E-state index contributed by atoms with van der Waals surface area (Å²) in [5.41, 5.74) is -4.13. The number of hydrogen-bond donors (Lipinski definition) is 1. The van der Waals surface area contributed by atoms with E-state index < -0.39 is 64.2 Å². The van der Waals surface area contributed by atoms with Crippen LogP contribution in [0.25, 0.3) is 0 Å². The fourth-order valence-electron chi connectivity index (χ4n) is 2.81. The smallest absolute Gasteiger partial charge is 0.421 e. The van der Waals surface area contributed by atoms with Gasteiger partial charge >= 0.3 is 12.1 Å². The van der Waals surface area contributed by atoms with Crippen LogP contribution in [0, 0.1) is 11.6 Å². The molecule has 0 saturated heterocycles. The van der Waals surface area contributed by atoms with Gasteiger partial charge in [-0.3, -0.25) is 9.59 Å². The molecule has 3 rings (SSSR count). The Morgan fingerprint density at radius 3 is 2.25 bits per heavy atom. The summed E-state index contributed by atoms with van der Waals surface area (Å²) in [6.07, 6.45) is -4.85. The average Bonchev–Trinajstić information content (AvgIpc) is 3.27. The molecular formula is C14H8F5NO4. The second-order valence-corrected chi connectivity index (χ2v) is 5.51. The third-order valence-corrected chi connectivity index (χ3v) is 3.90. The van der Waals surface area contributed by atoms with Crippen LogP contribution in [-0.4, -0.2) is 34.7 Å². The summed E-state index contributed by atoms with van der Waals surface area (Å²) in [4.78, 5) is 35.8. The molecule has 1 atom stereocenters. The second-order valence-electron chi connectivity index (χ2n) is 5.51. The third-order valence-electron chi connectivity index (χ3n) is 3.90. The number of carbonyl (C=O) groups is 3. The Kier molecular flexibility index (Phi) is 3.40. The van der Waals surface area contributed by atoms with Crippen LogP contribution in [0.3, 0.4) is 0 Å². The molecule has 1 unspecified atom stereocenters. The first kappa shape index (κ1) is 16.3. The summed E-state index contributed by atoms with van der Waals surface area (Å²) in [6.45, 7) is 0. The highest BCUT2D eigenvalue weighted by molar-refractivity contribution is 6.51. The minimum absolute atomic E-state index is 0.202. The molecule has 128 valence electrons. The van der Waals surface area contributed by atoms with Gasteiger partial charge in [0.1, 0.15) is 5.56 Å². The van der Waals surface area contributed by atoms with Crippen LogP contribution >= 0.6 is 0 Å². The lowest BCUT2D eigenvalue weighted by molar-refractivity contribution is -0.143. The van der Waals surface area contributed by atoms with E-state index in [1.54, 1.807) is 0 Å². The SMILES string of the molecule is O=C1C(=O)C(C(=O)O)N(C2CC2)c2c1cc(F)c(F)c2C(F)(F)F. The van der Waals surface area contributed by atoms with E-state index in [0.29, 0.717) is 4.90 Å². The molecule has 1 saturated carbocycles. The lowest BCUT2D eigenvalue weighted by Gasteiger charge is -2.36. The summed E-state index contributed by atoms with van der Waals surface area (Å²) in [5, 5.41) is 9.15. The van der Waals surface area contributed by atoms with Gasteiger partial charge in [-0.15, -0.1) is 0 Å². The molecular weight excluding hydrogens is 341 g/mol. The number of fused-ring (bicyclic) bond motifs is 1. The molecule has 1 aliphatic carbocycles. The Morgan fingerprint density at radius 2 is 1.79 bits per heavy atom. The molecule has 0 bridgehead atoms. The van der Waals surface area contributed by atoms with Gasteiger partial charge in [0.25, 0.3) is 0 Å². The monoisotopic (exact) mass is 349 g/mol. The molecule has 0 aromatic heterocycles. The molecule has 2 aliphatic rings. The third kappa shape index (κ3) is 2.24. The van der Waals surface area contributed by atoms with Crippen LogP contribution in [0.4, 0.5) is 27.6 Å². The van der Waals surface area contributed by atoms with E-state index in [-0.39, 0.29) is 18.9 Å². The number of alkyl halides is 3. The molecule has 1 aromatic rings. The Morgan fingerprint density at radius 1 is 1.21 bits per heavy atom. The highest BCUT2D eigenvalue weighted by Gasteiger charge is 2.53. The van der Waals surface area contributed by atoms with Gasteiger partial charge in [0.2, 0.25) is 11.6 Å². The predicted molar refractivity (Wildman–Crippen MR) is 67.6 cm³/mol. The molecule has 24 heavy (non-hydrogen) atoms. The minimum atomic E-state index is -5.38. The molecule has 1 heterocycles. The number of Topliss-reactive ketones (excluding diaryl/α,β-unsaturated/α-hetero) is 2. The first-order chi connectivity index (χ1) is 11.1. The number of ketones is 2. The van der Waals surface area contributed by atoms with E-state index in [0.717, 1.165) is 0 Å². The van der Waals surface area contributed by atoms with Crippen molar-refractivity contribution in [3.05, 3.63) is 28.8 Å². The lowest BCUT2D eigenvalue weighted by Crippen LogP contribution is -2.55. The molecule has 0 amide bonds. The van der Waals surface area contributed by atoms with Crippen molar-refractivity contribution < 1.29 is 41.4 Å². The van der Waals surface area contributed by atoms with Crippen molar-refractivity contribution in [2.75, 3.05) is 4.90 Å². The van der Waals surface area contributed by atoms with Crippen molar-refractivity contribution in [2.45, 2.75) is 31.1 Å². The zero-order valence-electron chi connectivity index (χ0n) is 11.7. The first-order valence-electron chi connectivity index (χ1n) is 6.74. The number of carboxylic acid groups (broad SMARTS) is 1.